The van der Waals surface area contributed by atoms with Gasteiger partial charge in [0.2, 0.25) is 0 Å². The molecule has 0 radical (unpaired) electrons. The highest BCUT2D eigenvalue weighted by atomic mass is 16.5. The van der Waals surface area contributed by atoms with Gasteiger partial charge in [0.15, 0.2) is 0 Å². The summed E-state index contributed by atoms with van der Waals surface area (Å²) in [5.74, 6) is -0.0241. The lowest BCUT2D eigenvalue weighted by Crippen LogP contribution is -2.02. The number of hydrogen-bond acceptors (Lipinski definition) is 2. The van der Waals surface area contributed by atoms with Crippen molar-refractivity contribution in [2.45, 2.75) is 19.3 Å². The third kappa shape index (κ3) is 2.25. The molecule has 4 heteroatoms. The SMILES string of the molecule is COc1ccc2[nH]cc(C(C)CC(=O)O)c2c1. The van der Waals surface area contributed by atoms with Crippen LogP contribution in [0.3, 0.4) is 0 Å². The number of ether oxygens (including phenoxy) is 1. The van der Waals surface area contributed by atoms with Crippen molar-refractivity contribution < 1.29 is 14.6 Å². The van der Waals surface area contributed by atoms with Crippen molar-refractivity contribution in [2.24, 2.45) is 0 Å². The van der Waals surface area contributed by atoms with Gasteiger partial charge >= 0.3 is 5.97 Å². The maximum Gasteiger partial charge on any atom is 0.303 e. The van der Waals surface area contributed by atoms with Crippen LogP contribution in [0.4, 0.5) is 0 Å². The van der Waals surface area contributed by atoms with E-state index in [-0.39, 0.29) is 12.3 Å². The highest BCUT2D eigenvalue weighted by Gasteiger charge is 2.14. The molecule has 0 bridgehead atoms. The standard InChI is InChI=1S/C13H15NO3/c1-8(5-13(15)16)11-7-14-12-4-3-9(17-2)6-10(11)12/h3-4,6-8,14H,5H2,1-2H3,(H,15,16). The fourth-order valence-corrected chi connectivity index (χ4v) is 2.03. The monoisotopic (exact) mass is 233 g/mol. The lowest BCUT2D eigenvalue weighted by molar-refractivity contribution is -0.137. The lowest BCUT2D eigenvalue weighted by Gasteiger charge is -2.07. The quantitative estimate of drug-likeness (QED) is 0.853. The van der Waals surface area contributed by atoms with Gasteiger partial charge in [-0.15, -0.1) is 0 Å². The zero-order valence-corrected chi connectivity index (χ0v) is 9.86. The molecule has 17 heavy (non-hydrogen) atoms. The van der Waals surface area contributed by atoms with Crippen molar-refractivity contribution in [1.82, 2.24) is 4.98 Å². The number of fused-ring (bicyclic) bond motifs is 1. The van der Waals surface area contributed by atoms with Crippen LogP contribution in [0.1, 0.15) is 24.8 Å². The number of methoxy groups -OCH3 is 1. The van der Waals surface area contributed by atoms with E-state index in [4.69, 9.17) is 9.84 Å². The maximum atomic E-state index is 10.7. The van der Waals surface area contributed by atoms with E-state index in [9.17, 15) is 4.79 Å². The van der Waals surface area contributed by atoms with Crippen LogP contribution in [0.5, 0.6) is 5.75 Å². The molecule has 1 aromatic heterocycles. The van der Waals surface area contributed by atoms with Crippen molar-refractivity contribution in [3.05, 3.63) is 30.0 Å². The van der Waals surface area contributed by atoms with E-state index in [0.29, 0.717) is 0 Å². The zero-order valence-electron chi connectivity index (χ0n) is 9.86. The van der Waals surface area contributed by atoms with E-state index in [1.807, 2.05) is 31.3 Å². The Bertz CT molecular complexity index is 545. The summed E-state index contributed by atoms with van der Waals surface area (Å²) < 4.78 is 5.18. The van der Waals surface area contributed by atoms with Gasteiger partial charge in [-0.1, -0.05) is 6.92 Å². The van der Waals surface area contributed by atoms with Crippen molar-refractivity contribution in [2.75, 3.05) is 7.11 Å². The van der Waals surface area contributed by atoms with E-state index in [1.54, 1.807) is 7.11 Å². The Labute approximate surface area is 99.2 Å². The first-order valence-electron chi connectivity index (χ1n) is 5.48. The number of rotatable bonds is 4. The molecular weight excluding hydrogens is 218 g/mol. The second-order valence-corrected chi connectivity index (χ2v) is 4.15. The van der Waals surface area contributed by atoms with E-state index >= 15 is 0 Å². The summed E-state index contributed by atoms with van der Waals surface area (Å²) in [6, 6.07) is 5.75. The Kier molecular flexibility index (Phi) is 3.04. The molecule has 0 amide bonds. The molecule has 1 atom stereocenters. The summed E-state index contributed by atoms with van der Waals surface area (Å²) in [5.41, 5.74) is 2.01. The first kappa shape index (κ1) is 11.5. The van der Waals surface area contributed by atoms with Gasteiger partial charge in [-0.05, 0) is 29.7 Å². The van der Waals surface area contributed by atoms with Gasteiger partial charge < -0.3 is 14.8 Å². The average Bonchev–Trinajstić information content (AvgIpc) is 2.70. The molecule has 1 aromatic carbocycles. The molecule has 2 N–H and O–H groups in total. The van der Waals surface area contributed by atoms with E-state index < -0.39 is 5.97 Å². The molecule has 4 nitrogen and oxygen atoms in total. The van der Waals surface area contributed by atoms with Crippen LogP contribution in [-0.4, -0.2) is 23.2 Å². The van der Waals surface area contributed by atoms with Crippen LogP contribution >= 0.6 is 0 Å². The second-order valence-electron chi connectivity index (χ2n) is 4.15. The summed E-state index contributed by atoms with van der Waals surface area (Å²) in [6.07, 6.45) is 2.00. The average molecular weight is 233 g/mol. The van der Waals surface area contributed by atoms with Crippen LogP contribution in [0.15, 0.2) is 24.4 Å². The number of hydrogen-bond donors (Lipinski definition) is 2. The first-order valence-corrected chi connectivity index (χ1v) is 5.48. The molecule has 2 aromatic rings. The third-order valence-corrected chi connectivity index (χ3v) is 2.93. The number of aliphatic carboxylic acids is 1. The number of H-pyrrole nitrogens is 1. The number of nitrogens with one attached hydrogen (secondary N) is 1. The van der Waals surface area contributed by atoms with Gasteiger partial charge in [-0.25, -0.2) is 0 Å². The molecule has 2 rings (SSSR count). The third-order valence-electron chi connectivity index (χ3n) is 2.93. The van der Waals surface area contributed by atoms with Crippen LogP contribution < -0.4 is 4.74 Å². The minimum Gasteiger partial charge on any atom is -0.497 e. The summed E-state index contributed by atoms with van der Waals surface area (Å²) >= 11 is 0. The fourth-order valence-electron chi connectivity index (χ4n) is 2.03. The number of carbonyl (C=O) groups is 1. The van der Waals surface area contributed by atoms with E-state index in [1.165, 1.54) is 0 Å². The van der Waals surface area contributed by atoms with Crippen molar-refractivity contribution in [3.8, 4) is 5.75 Å². The summed E-state index contributed by atoms with van der Waals surface area (Å²) in [6.45, 7) is 1.91. The Morgan fingerprint density at radius 3 is 2.94 bits per heavy atom. The largest absolute Gasteiger partial charge is 0.497 e. The fraction of sp³-hybridized carbons (Fsp3) is 0.308. The van der Waals surface area contributed by atoms with Crippen molar-refractivity contribution in [3.63, 3.8) is 0 Å². The van der Waals surface area contributed by atoms with Gasteiger partial charge in [0.05, 0.1) is 13.5 Å². The van der Waals surface area contributed by atoms with Crippen molar-refractivity contribution in [1.29, 1.82) is 0 Å². The number of carboxylic acid groups (broad SMARTS) is 1. The van der Waals surface area contributed by atoms with Crippen molar-refractivity contribution >= 4 is 16.9 Å². The van der Waals surface area contributed by atoms with E-state index in [2.05, 4.69) is 4.98 Å². The molecule has 0 saturated carbocycles. The summed E-state index contributed by atoms with van der Waals surface area (Å²) in [7, 11) is 1.62. The Hall–Kier alpha value is -1.97. The summed E-state index contributed by atoms with van der Waals surface area (Å²) in [5, 5.41) is 9.85. The molecular formula is C13H15NO3. The molecule has 1 unspecified atom stereocenters. The topological polar surface area (TPSA) is 62.3 Å². The number of aromatic amines is 1. The molecule has 0 aliphatic heterocycles. The Balaban J connectivity index is 2.43. The number of carboxylic acids is 1. The molecule has 90 valence electrons. The predicted octanol–water partition coefficient (Wildman–Crippen LogP) is 2.75. The van der Waals surface area contributed by atoms with Crippen LogP contribution in [0.2, 0.25) is 0 Å². The molecule has 0 aliphatic carbocycles. The normalized spacial score (nSPS) is 12.6. The molecule has 0 aliphatic rings. The number of aromatic nitrogens is 1. The Morgan fingerprint density at radius 1 is 1.53 bits per heavy atom. The van der Waals surface area contributed by atoms with E-state index in [0.717, 1.165) is 22.2 Å². The molecule has 0 fully saturated rings. The van der Waals surface area contributed by atoms with Gasteiger partial charge in [-0.2, -0.15) is 0 Å². The smallest absolute Gasteiger partial charge is 0.303 e. The minimum absolute atomic E-state index is 0.0200. The molecule has 1 heterocycles. The predicted molar refractivity (Wildman–Crippen MR) is 65.5 cm³/mol. The highest BCUT2D eigenvalue weighted by molar-refractivity contribution is 5.85. The van der Waals surface area contributed by atoms with Crippen LogP contribution in [-0.2, 0) is 4.79 Å². The van der Waals surface area contributed by atoms with Gasteiger partial charge in [-0.3, -0.25) is 4.79 Å². The molecule has 0 spiro atoms. The van der Waals surface area contributed by atoms with Gasteiger partial charge in [0.25, 0.3) is 0 Å². The summed E-state index contributed by atoms with van der Waals surface area (Å²) in [4.78, 5) is 13.9. The maximum absolute atomic E-state index is 10.7. The van der Waals surface area contributed by atoms with Gasteiger partial charge in [0.1, 0.15) is 5.75 Å². The minimum atomic E-state index is -0.783. The first-order chi connectivity index (χ1) is 8.11. The highest BCUT2D eigenvalue weighted by Crippen LogP contribution is 2.30. The second kappa shape index (κ2) is 4.49. The zero-order chi connectivity index (χ0) is 12.4. The van der Waals surface area contributed by atoms with Crippen LogP contribution in [0, 0.1) is 0 Å². The molecule has 0 saturated heterocycles. The van der Waals surface area contributed by atoms with Gasteiger partial charge in [0, 0.05) is 17.1 Å². The van der Waals surface area contributed by atoms with Crippen LogP contribution in [0.25, 0.3) is 10.9 Å². The Morgan fingerprint density at radius 2 is 2.29 bits per heavy atom. The number of benzene rings is 1. The lowest BCUT2D eigenvalue weighted by atomic mass is 9.97.